The van der Waals surface area contributed by atoms with Gasteiger partial charge < -0.3 is 15.4 Å². The van der Waals surface area contributed by atoms with Crippen molar-refractivity contribution in [3.8, 4) is 0 Å². The van der Waals surface area contributed by atoms with Crippen molar-refractivity contribution in [1.29, 1.82) is 0 Å². The van der Waals surface area contributed by atoms with E-state index in [-0.39, 0.29) is 0 Å². The summed E-state index contributed by atoms with van der Waals surface area (Å²) < 4.78 is 5.10. The number of rotatable bonds is 11. The molecule has 0 fully saturated rings. The highest BCUT2D eigenvalue weighted by Gasteiger charge is 2.07. The van der Waals surface area contributed by atoms with Crippen molar-refractivity contribution in [2.75, 3.05) is 39.9 Å². The van der Waals surface area contributed by atoms with Crippen molar-refractivity contribution in [2.45, 2.75) is 39.5 Å². The maximum atomic E-state index is 5.60. The Bertz CT molecular complexity index is 142. The van der Waals surface area contributed by atoms with Crippen LogP contribution in [0.2, 0.25) is 0 Å². The molecule has 0 amide bonds. The first kappa shape index (κ1) is 15.9. The molecule has 3 nitrogen and oxygen atoms in total. The summed E-state index contributed by atoms with van der Waals surface area (Å²) in [5, 5.41) is 0. The van der Waals surface area contributed by atoms with E-state index in [1.54, 1.807) is 7.11 Å². The van der Waals surface area contributed by atoms with Gasteiger partial charge in [0.2, 0.25) is 0 Å². The molecule has 0 heterocycles. The second kappa shape index (κ2) is 11.4. The van der Waals surface area contributed by atoms with Gasteiger partial charge in [-0.25, -0.2) is 0 Å². The van der Waals surface area contributed by atoms with E-state index in [1.165, 1.54) is 32.2 Å². The predicted molar refractivity (Wildman–Crippen MR) is 70.7 cm³/mol. The molecule has 0 saturated carbocycles. The number of nitrogens with two attached hydrogens (primary N) is 1. The Labute approximate surface area is 101 Å². The number of hydrogen-bond donors (Lipinski definition) is 1. The monoisotopic (exact) mass is 230 g/mol. The van der Waals surface area contributed by atoms with Gasteiger partial charge >= 0.3 is 0 Å². The van der Waals surface area contributed by atoms with E-state index in [2.05, 4.69) is 18.7 Å². The third-order valence-electron chi connectivity index (χ3n) is 3.30. The van der Waals surface area contributed by atoms with Gasteiger partial charge in [-0.2, -0.15) is 0 Å². The second-order valence-corrected chi connectivity index (χ2v) is 4.42. The van der Waals surface area contributed by atoms with Crippen molar-refractivity contribution in [3.63, 3.8) is 0 Å². The smallest absolute Gasteiger partial charge is 0.0589 e. The molecule has 0 rings (SSSR count). The van der Waals surface area contributed by atoms with Crippen LogP contribution in [-0.4, -0.2) is 44.8 Å². The number of likely N-dealkylation sites (N-methyl/N-ethyl adjacent to an activating group) is 1. The molecule has 16 heavy (non-hydrogen) atoms. The van der Waals surface area contributed by atoms with Crippen LogP contribution in [0.3, 0.4) is 0 Å². The van der Waals surface area contributed by atoms with Crippen molar-refractivity contribution in [3.05, 3.63) is 0 Å². The molecule has 0 aliphatic carbocycles. The standard InChI is InChI=1S/C13H30N2O/c1-4-13(8-9-14)7-6-10-15(5-2)11-12-16-3/h13H,4-12,14H2,1-3H3. The lowest BCUT2D eigenvalue weighted by Gasteiger charge is -2.21. The Kier molecular flexibility index (Phi) is 11.3. The van der Waals surface area contributed by atoms with Crippen LogP contribution in [-0.2, 0) is 4.74 Å². The molecule has 0 aromatic rings. The molecule has 1 unspecified atom stereocenters. The summed E-state index contributed by atoms with van der Waals surface area (Å²) >= 11 is 0. The van der Waals surface area contributed by atoms with E-state index < -0.39 is 0 Å². The summed E-state index contributed by atoms with van der Waals surface area (Å²) in [6.45, 7) is 9.53. The van der Waals surface area contributed by atoms with Crippen LogP contribution >= 0.6 is 0 Å². The maximum Gasteiger partial charge on any atom is 0.0589 e. The maximum absolute atomic E-state index is 5.60. The zero-order valence-corrected chi connectivity index (χ0v) is 11.4. The second-order valence-electron chi connectivity index (χ2n) is 4.42. The predicted octanol–water partition coefficient (Wildman–Crippen LogP) is 2.11. The number of methoxy groups -OCH3 is 1. The zero-order chi connectivity index (χ0) is 12.2. The van der Waals surface area contributed by atoms with Gasteiger partial charge in [0.25, 0.3) is 0 Å². The highest BCUT2D eigenvalue weighted by atomic mass is 16.5. The van der Waals surface area contributed by atoms with Crippen LogP contribution in [0.5, 0.6) is 0 Å². The Balaban J connectivity index is 3.58. The first-order chi connectivity index (χ1) is 7.78. The lowest BCUT2D eigenvalue weighted by molar-refractivity contribution is 0.148. The fourth-order valence-corrected chi connectivity index (χ4v) is 2.04. The summed E-state index contributed by atoms with van der Waals surface area (Å²) in [5.41, 5.74) is 5.60. The first-order valence-electron chi connectivity index (χ1n) is 6.69. The molecular formula is C13H30N2O. The third-order valence-corrected chi connectivity index (χ3v) is 3.30. The van der Waals surface area contributed by atoms with Crippen molar-refractivity contribution in [2.24, 2.45) is 11.7 Å². The van der Waals surface area contributed by atoms with Gasteiger partial charge in [-0.05, 0) is 44.8 Å². The lowest BCUT2D eigenvalue weighted by atomic mass is 9.96. The third kappa shape index (κ3) is 8.08. The molecule has 2 N–H and O–H groups in total. The molecule has 98 valence electrons. The quantitative estimate of drug-likeness (QED) is 0.591. The van der Waals surface area contributed by atoms with Gasteiger partial charge in [-0.1, -0.05) is 20.3 Å². The normalized spacial score (nSPS) is 13.3. The van der Waals surface area contributed by atoms with Gasteiger partial charge in [0, 0.05) is 13.7 Å². The van der Waals surface area contributed by atoms with E-state index >= 15 is 0 Å². The number of nitrogens with zero attached hydrogens (tertiary/aromatic N) is 1. The van der Waals surface area contributed by atoms with Crippen LogP contribution in [0.4, 0.5) is 0 Å². The fraction of sp³-hybridized carbons (Fsp3) is 1.00. The van der Waals surface area contributed by atoms with Gasteiger partial charge in [-0.3, -0.25) is 0 Å². The van der Waals surface area contributed by atoms with Crippen LogP contribution in [0.25, 0.3) is 0 Å². The summed E-state index contributed by atoms with van der Waals surface area (Å²) in [7, 11) is 1.77. The fourth-order valence-electron chi connectivity index (χ4n) is 2.04. The van der Waals surface area contributed by atoms with Gasteiger partial charge in [0.05, 0.1) is 6.61 Å². The molecule has 0 aliphatic rings. The number of ether oxygens (including phenoxy) is 1. The largest absolute Gasteiger partial charge is 0.383 e. The van der Waals surface area contributed by atoms with E-state index in [1.807, 2.05) is 0 Å². The zero-order valence-electron chi connectivity index (χ0n) is 11.4. The minimum atomic E-state index is 0.825. The molecule has 0 bridgehead atoms. The summed E-state index contributed by atoms with van der Waals surface area (Å²) in [5.74, 6) is 0.825. The average molecular weight is 230 g/mol. The van der Waals surface area contributed by atoms with Crippen LogP contribution in [0.1, 0.15) is 39.5 Å². The highest BCUT2D eigenvalue weighted by Crippen LogP contribution is 2.14. The first-order valence-corrected chi connectivity index (χ1v) is 6.69. The van der Waals surface area contributed by atoms with Crippen LogP contribution in [0, 0.1) is 5.92 Å². The molecule has 0 aromatic heterocycles. The van der Waals surface area contributed by atoms with Crippen molar-refractivity contribution >= 4 is 0 Å². The molecule has 0 spiro atoms. The topological polar surface area (TPSA) is 38.5 Å². The minimum absolute atomic E-state index is 0.825. The van der Waals surface area contributed by atoms with Crippen molar-refractivity contribution in [1.82, 2.24) is 4.90 Å². The van der Waals surface area contributed by atoms with Crippen LogP contribution < -0.4 is 5.73 Å². The Hall–Kier alpha value is -0.120. The Morgan fingerprint density at radius 3 is 2.44 bits per heavy atom. The van der Waals surface area contributed by atoms with E-state index in [0.29, 0.717) is 0 Å². The highest BCUT2D eigenvalue weighted by molar-refractivity contribution is 4.61. The SMILES string of the molecule is CCC(CCN)CCCN(CC)CCOC. The lowest BCUT2D eigenvalue weighted by Crippen LogP contribution is -2.28. The van der Waals surface area contributed by atoms with E-state index in [0.717, 1.165) is 32.2 Å². The molecule has 1 atom stereocenters. The van der Waals surface area contributed by atoms with Crippen molar-refractivity contribution < 1.29 is 4.74 Å². The summed E-state index contributed by atoms with van der Waals surface area (Å²) in [6, 6.07) is 0. The van der Waals surface area contributed by atoms with E-state index in [4.69, 9.17) is 10.5 Å². The summed E-state index contributed by atoms with van der Waals surface area (Å²) in [4.78, 5) is 2.46. The van der Waals surface area contributed by atoms with Gasteiger partial charge in [-0.15, -0.1) is 0 Å². The molecule has 0 saturated heterocycles. The van der Waals surface area contributed by atoms with Gasteiger partial charge in [0.15, 0.2) is 0 Å². The van der Waals surface area contributed by atoms with Crippen LogP contribution in [0.15, 0.2) is 0 Å². The van der Waals surface area contributed by atoms with Gasteiger partial charge in [0.1, 0.15) is 0 Å². The molecule has 0 radical (unpaired) electrons. The number of hydrogen-bond acceptors (Lipinski definition) is 3. The molecule has 0 aromatic carbocycles. The average Bonchev–Trinajstić information content (AvgIpc) is 2.32. The van der Waals surface area contributed by atoms with E-state index in [9.17, 15) is 0 Å². The Morgan fingerprint density at radius 1 is 1.19 bits per heavy atom. The molecule has 3 heteroatoms. The molecule has 0 aliphatic heterocycles. The Morgan fingerprint density at radius 2 is 1.94 bits per heavy atom. The molecular weight excluding hydrogens is 200 g/mol. The summed E-state index contributed by atoms with van der Waals surface area (Å²) in [6.07, 6.45) is 5.05. The minimum Gasteiger partial charge on any atom is -0.383 e.